The quantitative estimate of drug-likeness (QED) is 0.725. The zero-order valence-electron chi connectivity index (χ0n) is 11.7. The largest absolute Gasteiger partial charge is 0.481 e. The van der Waals surface area contributed by atoms with Crippen LogP contribution in [0, 0.1) is 17.8 Å². The van der Waals surface area contributed by atoms with Gasteiger partial charge < -0.3 is 15.5 Å². The molecule has 5 heteroatoms. The molecule has 3 rings (SSSR count). The predicted molar refractivity (Wildman–Crippen MR) is 71.9 cm³/mol. The van der Waals surface area contributed by atoms with Gasteiger partial charge in [0.2, 0.25) is 5.91 Å². The molecule has 0 aromatic heterocycles. The molecular formula is C15H23NO4. The Bertz CT molecular complexity index is 416. The molecule has 0 bridgehead atoms. The van der Waals surface area contributed by atoms with Crippen LogP contribution in [0.5, 0.6) is 0 Å². The molecule has 3 N–H and O–H groups in total. The Hall–Kier alpha value is -1.10. The molecule has 0 spiro atoms. The van der Waals surface area contributed by atoms with E-state index in [0.29, 0.717) is 18.3 Å². The number of carbonyl (C=O) groups is 2. The number of aliphatic carboxylic acids is 1. The number of carbonyl (C=O) groups excluding carboxylic acids is 1. The first kappa shape index (κ1) is 13.9. The fourth-order valence-corrected chi connectivity index (χ4v) is 4.36. The molecule has 0 radical (unpaired) electrons. The van der Waals surface area contributed by atoms with Crippen LogP contribution in [0.4, 0.5) is 0 Å². The van der Waals surface area contributed by atoms with E-state index >= 15 is 0 Å². The fourth-order valence-electron chi connectivity index (χ4n) is 4.36. The van der Waals surface area contributed by atoms with Crippen LogP contribution in [-0.4, -0.2) is 33.7 Å². The van der Waals surface area contributed by atoms with Crippen molar-refractivity contribution in [1.29, 1.82) is 0 Å². The summed E-state index contributed by atoms with van der Waals surface area (Å²) in [5.41, 5.74) is -0.799. The Morgan fingerprint density at radius 2 is 1.85 bits per heavy atom. The predicted octanol–water partition coefficient (Wildman–Crippen LogP) is 1.30. The molecule has 0 aromatic carbocycles. The van der Waals surface area contributed by atoms with Crippen molar-refractivity contribution in [1.82, 2.24) is 5.32 Å². The summed E-state index contributed by atoms with van der Waals surface area (Å²) in [6.45, 7) is 0. The van der Waals surface area contributed by atoms with Gasteiger partial charge in [-0.25, -0.2) is 0 Å². The number of aliphatic hydroxyl groups is 1. The van der Waals surface area contributed by atoms with Crippen LogP contribution in [-0.2, 0) is 9.59 Å². The topological polar surface area (TPSA) is 86.6 Å². The SMILES string of the molecule is O=C(CC1(O)CCCC1)N[C@H]1C[C@H]2CC(C(=O)O)C[C@H]21. The van der Waals surface area contributed by atoms with E-state index in [2.05, 4.69) is 5.32 Å². The van der Waals surface area contributed by atoms with Crippen molar-refractivity contribution in [2.75, 3.05) is 0 Å². The lowest BCUT2D eigenvalue weighted by atomic mass is 9.71. The average Bonchev–Trinajstić information content (AvgIpc) is 2.91. The number of hydrogen-bond donors (Lipinski definition) is 3. The average molecular weight is 281 g/mol. The number of carboxylic acid groups (broad SMARTS) is 1. The lowest BCUT2D eigenvalue weighted by Gasteiger charge is -2.41. The molecule has 0 heterocycles. The summed E-state index contributed by atoms with van der Waals surface area (Å²) in [5.74, 6) is -0.207. The summed E-state index contributed by atoms with van der Waals surface area (Å²) in [6.07, 6.45) is 5.99. The first-order valence-corrected chi connectivity index (χ1v) is 7.71. The van der Waals surface area contributed by atoms with Gasteiger partial charge in [0.15, 0.2) is 0 Å². The normalized spacial score (nSPS) is 38.0. The number of carboxylic acids is 1. The summed E-state index contributed by atoms with van der Waals surface area (Å²) in [6, 6.07) is 0.127. The van der Waals surface area contributed by atoms with E-state index in [1.165, 1.54) is 0 Å². The molecule has 1 amide bonds. The highest BCUT2D eigenvalue weighted by Gasteiger charge is 2.50. The Labute approximate surface area is 118 Å². The number of amides is 1. The third kappa shape index (κ3) is 2.55. The van der Waals surface area contributed by atoms with Gasteiger partial charge in [-0.05, 0) is 43.9 Å². The van der Waals surface area contributed by atoms with Crippen molar-refractivity contribution in [3.63, 3.8) is 0 Å². The lowest BCUT2D eigenvalue weighted by molar-refractivity contribution is -0.141. The molecule has 3 aliphatic rings. The maximum Gasteiger partial charge on any atom is 0.306 e. The molecule has 0 aromatic rings. The van der Waals surface area contributed by atoms with Crippen molar-refractivity contribution in [2.45, 2.75) is 63.0 Å². The zero-order chi connectivity index (χ0) is 14.3. The third-order valence-electron chi connectivity index (χ3n) is 5.54. The molecule has 112 valence electrons. The first-order chi connectivity index (χ1) is 9.47. The molecule has 3 aliphatic carbocycles. The van der Waals surface area contributed by atoms with Gasteiger partial charge in [0.25, 0.3) is 0 Å². The van der Waals surface area contributed by atoms with Gasteiger partial charge in [0.1, 0.15) is 0 Å². The summed E-state index contributed by atoms with van der Waals surface area (Å²) in [4.78, 5) is 23.0. The monoisotopic (exact) mass is 281 g/mol. The molecule has 3 fully saturated rings. The summed E-state index contributed by atoms with van der Waals surface area (Å²) < 4.78 is 0. The molecule has 0 aliphatic heterocycles. The minimum atomic E-state index is -0.799. The summed E-state index contributed by atoms with van der Waals surface area (Å²) in [7, 11) is 0. The second-order valence-corrected chi connectivity index (χ2v) is 6.95. The van der Waals surface area contributed by atoms with Crippen molar-refractivity contribution in [3.05, 3.63) is 0 Å². The van der Waals surface area contributed by atoms with E-state index in [0.717, 1.165) is 38.5 Å². The van der Waals surface area contributed by atoms with Crippen LogP contribution in [0.2, 0.25) is 0 Å². The van der Waals surface area contributed by atoms with Gasteiger partial charge in [-0.2, -0.15) is 0 Å². The van der Waals surface area contributed by atoms with Crippen molar-refractivity contribution in [2.24, 2.45) is 17.8 Å². The van der Waals surface area contributed by atoms with Gasteiger partial charge in [-0.3, -0.25) is 9.59 Å². The van der Waals surface area contributed by atoms with Crippen LogP contribution in [0.15, 0.2) is 0 Å². The standard InChI is InChI=1S/C15H23NO4/c17-13(8-15(20)3-1-2-4-15)16-12-7-9-5-10(14(18)19)6-11(9)12/h9-12,20H,1-8H2,(H,16,17)(H,18,19)/t9-,10?,11-,12+/m1/s1. The van der Waals surface area contributed by atoms with Crippen LogP contribution < -0.4 is 5.32 Å². The Balaban J connectivity index is 1.48. The van der Waals surface area contributed by atoms with Gasteiger partial charge in [-0.15, -0.1) is 0 Å². The van der Waals surface area contributed by atoms with Gasteiger partial charge in [-0.1, -0.05) is 12.8 Å². The van der Waals surface area contributed by atoms with E-state index in [1.54, 1.807) is 0 Å². The highest BCUT2D eigenvalue weighted by molar-refractivity contribution is 5.77. The molecule has 5 nitrogen and oxygen atoms in total. The first-order valence-electron chi connectivity index (χ1n) is 7.71. The van der Waals surface area contributed by atoms with E-state index < -0.39 is 11.6 Å². The minimum absolute atomic E-state index is 0.0726. The van der Waals surface area contributed by atoms with E-state index in [9.17, 15) is 14.7 Å². The maximum atomic E-state index is 12.0. The Kier molecular flexibility index (Phi) is 3.48. The second-order valence-electron chi connectivity index (χ2n) is 6.95. The van der Waals surface area contributed by atoms with Crippen LogP contribution in [0.25, 0.3) is 0 Å². The molecule has 3 saturated carbocycles. The van der Waals surface area contributed by atoms with Crippen LogP contribution in [0.1, 0.15) is 51.4 Å². The molecule has 1 unspecified atom stereocenters. The zero-order valence-corrected chi connectivity index (χ0v) is 11.7. The van der Waals surface area contributed by atoms with Gasteiger partial charge >= 0.3 is 5.97 Å². The number of nitrogens with one attached hydrogen (secondary N) is 1. The molecule has 4 atom stereocenters. The number of fused-ring (bicyclic) bond motifs is 1. The van der Waals surface area contributed by atoms with Gasteiger partial charge in [0.05, 0.1) is 17.9 Å². The fraction of sp³-hybridized carbons (Fsp3) is 0.867. The summed E-state index contributed by atoms with van der Waals surface area (Å²) >= 11 is 0. The second kappa shape index (κ2) is 5.02. The van der Waals surface area contributed by atoms with Crippen molar-refractivity contribution in [3.8, 4) is 0 Å². The molecular weight excluding hydrogens is 258 g/mol. The van der Waals surface area contributed by atoms with Gasteiger partial charge in [0, 0.05) is 6.04 Å². The van der Waals surface area contributed by atoms with Crippen LogP contribution >= 0.6 is 0 Å². The van der Waals surface area contributed by atoms with Crippen molar-refractivity contribution >= 4 is 11.9 Å². The highest BCUT2D eigenvalue weighted by Crippen LogP contribution is 2.49. The molecule has 20 heavy (non-hydrogen) atoms. The Morgan fingerprint density at radius 3 is 2.50 bits per heavy atom. The van der Waals surface area contributed by atoms with E-state index in [4.69, 9.17) is 5.11 Å². The lowest BCUT2D eigenvalue weighted by Crippen LogP contribution is -2.51. The smallest absolute Gasteiger partial charge is 0.306 e. The third-order valence-corrected chi connectivity index (χ3v) is 5.54. The van der Waals surface area contributed by atoms with E-state index in [1.807, 2.05) is 0 Å². The summed E-state index contributed by atoms with van der Waals surface area (Å²) in [5, 5.41) is 22.3. The molecule has 0 saturated heterocycles. The minimum Gasteiger partial charge on any atom is -0.481 e. The number of hydrogen-bond acceptors (Lipinski definition) is 3. The Morgan fingerprint density at radius 1 is 1.15 bits per heavy atom. The maximum absolute atomic E-state index is 12.0. The van der Waals surface area contributed by atoms with Crippen molar-refractivity contribution < 1.29 is 19.8 Å². The van der Waals surface area contributed by atoms with Crippen LogP contribution in [0.3, 0.4) is 0 Å². The van der Waals surface area contributed by atoms with E-state index in [-0.39, 0.29) is 24.3 Å². The highest BCUT2D eigenvalue weighted by atomic mass is 16.4. The number of rotatable bonds is 4.